The highest BCUT2D eigenvalue weighted by Crippen LogP contribution is 2.20. The molecule has 1 amide bonds. The lowest BCUT2D eigenvalue weighted by atomic mass is 9.99. The molecule has 6 heteroatoms. The van der Waals surface area contributed by atoms with E-state index < -0.39 is 0 Å². The van der Waals surface area contributed by atoms with Crippen molar-refractivity contribution in [2.45, 2.75) is 12.8 Å². The van der Waals surface area contributed by atoms with Gasteiger partial charge in [0.25, 0.3) is 5.91 Å². The van der Waals surface area contributed by atoms with Gasteiger partial charge in [-0.3, -0.25) is 4.79 Å². The Morgan fingerprint density at radius 3 is 2.87 bits per heavy atom. The zero-order chi connectivity index (χ0) is 10.7. The second-order valence-electron chi connectivity index (χ2n) is 3.68. The zero-order valence-electron chi connectivity index (χ0n) is 8.23. The molecule has 0 aromatic carbocycles. The lowest BCUT2D eigenvalue weighted by molar-refractivity contribution is 0.0693. The molecule has 0 N–H and O–H groups in total. The maximum absolute atomic E-state index is 11.9. The molecule has 0 bridgehead atoms. The minimum Gasteiger partial charge on any atom is -0.337 e. The molecule has 0 spiro atoms. The summed E-state index contributed by atoms with van der Waals surface area (Å²) >= 11 is 4.70. The highest BCUT2D eigenvalue weighted by atomic mass is 79.9. The van der Waals surface area contributed by atoms with E-state index in [-0.39, 0.29) is 5.91 Å². The van der Waals surface area contributed by atoms with Crippen LogP contribution < -0.4 is 0 Å². The van der Waals surface area contributed by atoms with Gasteiger partial charge in [0.2, 0.25) is 0 Å². The molecular weight excluding hydrogens is 278 g/mol. The average Bonchev–Trinajstić information content (AvgIpc) is 2.82. The quantitative estimate of drug-likeness (QED) is 0.780. The lowest BCUT2D eigenvalue weighted by Crippen LogP contribution is -2.38. The second-order valence-corrected chi connectivity index (χ2v) is 4.94. The van der Waals surface area contributed by atoms with Crippen LogP contribution in [-0.2, 0) is 0 Å². The smallest absolute Gasteiger partial charge is 0.275 e. The maximum Gasteiger partial charge on any atom is 0.275 e. The molecule has 1 aliphatic heterocycles. The van der Waals surface area contributed by atoms with E-state index in [1.165, 1.54) is 11.5 Å². The molecule has 1 fully saturated rings. The van der Waals surface area contributed by atoms with Crippen molar-refractivity contribution in [3.63, 3.8) is 0 Å². The molecule has 0 saturated carbocycles. The van der Waals surface area contributed by atoms with Crippen molar-refractivity contribution < 1.29 is 4.79 Å². The third kappa shape index (κ3) is 2.55. The molecule has 4 nitrogen and oxygen atoms in total. The topological polar surface area (TPSA) is 46.1 Å². The highest BCUT2D eigenvalue weighted by molar-refractivity contribution is 9.09. The molecule has 1 aromatic heterocycles. The number of rotatable bonds is 2. The van der Waals surface area contributed by atoms with E-state index in [1.807, 2.05) is 4.90 Å². The molecule has 2 rings (SSSR count). The van der Waals surface area contributed by atoms with Gasteiger partial charge in [-0.25, -0.2) is 0 Å². The lowest BCUT2D eigenvalue weighted by Gasteiger charge is -2.30. The first kappa shape index (κ1) is 11.0. The van der Waals surface area contributed by atoms with Crippen molar-refractivity contribution in [1.82, 2.24) is 14.5 Å². The molecule has 1 aliphatic rings. The summed E-state index contributed by atoms with van der Waals surface area (Å²) in [5.74, 6) is 0.736. The number of alkyl halides is 1. The van der Waals surface area contributed by atoms with Crippen molar-refractivity contribution in [2.24, 2.45) is 5.92 Å². The van der Waals surface area contributed by atoms with Crippen molar-refractivity contribution >= 4 is 33.4 Å². The Kier molecular flexibility index (Phi) is 3.69. The summed E-state index contributed by atoms with van der Waals surface area (Å²) in [4.78, 5) is 13.7. The Labute approximate surface area is 101 Å². The Balaban J connectivity index is 1.93. The molecule has 82 valence electrons. The molecule has 15 heavy (non-hydrogen) atoms. The minimum atomic E-state index is 0.0248. The van der Waals surface area contributed by atoms with Gasteiger partial charge in [0.15, 0.2) is 5.69 Å². The molecule has 0 radical (unpaired) electrons. The van der Waals surface area contributed by atoms with Crippen LogP contribution in [0.25, 0.3) is 0 Å². The first-order chi connectivity index (χ1) is 7.31. The average molecular weight is 290 g/mol. The number of carbonyl (C=O) groups is 1. The molecular formula is C9H12BrN3OS. The van der Waals surface area contributed by atoms with E-state index in [0.717, 1.165) is 31.3 Å². The van der Waals surface area contributed by atoms with E-state index in [9.17, 15) is 4.79 Å². The third-order valence-corrected chi connectivity index (χ3v) is 4.12. The molecule has 0 aliphatic carbocycles. The predicted octanol–water partition coefficient (Wildman–Crippen LogP) is 1.79. The number of amides is 1. The Morgan fingerprint density at radius 2 is 2.33 bits per heavy atom. The fourth-order valence-electron chi connectivity index (χ4n) is 1.71. The van der Waals surface area contributed by atoms with Gasteiger partial charge >= 0.3 is 0 Å². The standard InChI is InChI=1S/C9H12BrN3OS/c10-5-7-1-3-13(4-2-7)9(14)8-6-15-12-11-8/h6-7H,1-5H2. The summed E-state index contributed by atoms with van der Waals surface area (Å²) in [6, 6.07) is 0. The van der Waals surface area contributed by atoms with E-state index >= 15 is 0 Å². The monoisotopic (exact) mass is 289 g/mol. The van der Waals surface area contributed by atoms with Crippen LogP contribution >= 0.6 is 27.5 Å². The number of hydrogen-bond acceptors (Lipinski definition) is 4. The largest absolute Gasteiger partial charge is 0.337 e. The molecule has 2 heterocycles. The number of piperidine rings is 1. The van der Waals surface area contributed by atoms with Crippen LogP contribution in [-0.4, -0.2) is 38.8 Å². The van der Waals surface area contributed by atoms with Gasteiger partial charge in [-0.05, 0) is 30.3 Å². The summed E-state index contributed by atoms with van der Waals surface area (Å²) in [6.45, 7) is 1.68. The first-order valence-corrected chi connectivity index (χ1v) is 6.89. The Bertz CT molecular complexity index is 322. The molecule has 1 aromatic rings. The van der Waals surface area contributed by atoms with Crippen molar-refractivity contribution in [2.75, 3.05) is 18.4 Å². The second kappa shape index (κ2) is 5.03. The molecule has 1 saturated heterocycles. The zero-order valence-corrected chi connectivity index (χ0v) is 10.6. The van der Waals surface area contributed by atoms with Crippen molar-refractivity contribution in [3.05, 3.63) is 11.1 Å². The number of nitrogens with zero attached hydrogens (tertiary/aromatic N) is 3. The Morgan fingerprint density at radius 1 is 1.60 bits per heavy atom. The van der Waals surface area contributed by atoms with E-state index in [0.29, 0.717) is 11.6 Å². The normalized spacial score (nSPS) is 18.1. The van der Waals surface area contributed by atoms with Crippen LogP contribution in [0.5, 0.6) is 0 Å². The SMILES string of the molecule is O=C(c1csnn1)N1CCC(CBr)CC1. The molecule has 0 atom stereocenters. The predicted molar refractivity (Wildman–Crippen MR) is 62.3 cm³/mol. The van der Waals surface area contributed by atoms with Gasteiger partial charge < -0.3 is 4.90 Å². The first-order valence-electron chi connectivity index (χ1n) is 4.93. The van der Waals surface area contributed by atoms with Gasteiger partial charge in [-0.1, -0.05) is 20.4 Å². The summed E-state index contributed by atoms with van der Waals surface area (Å²) in [5, 5.41) is 6.54. The van der Waals surface area contributed by atoms with Gasteiger partial charge in [0.05, 0.1) is 0 Å². The van der Waals surface area contributed by atoms with Crippen LogP contribution in [0.15, 0.2) is 5.38 Å². The summed E-state index contributed by atoms with van der Waals surface area (Å²) < 4.78 is 3.71. The van der Waals surface area contributed by atoms with Gasteiger partial charge in [0, 0.05) is 23.8 Å². The van der Waals surface area contributed by atoms with Crippen LogP contribution in [0.1, 0.15) is 23.3 Å². The highest BCUT2D eigenvalue weighted by Gasteiger charge is 2.24. The van der Waals surface area contributed by atoms with E-state index in [4.69, 9.17) is 0 Å². The Hall–Kier alpha value is -0.490. The number of likely N-dealkylation sites (tertiary alicyclic amines) is 1. The van der Waals surface area contributed by atoms with Crippen LogP contribution in [0.4, 0.5) is 0 Å². The van der Waals surface area contributed by atoms with Gasteiger partial charge in [0.1, 0.15) is 0 Å². The fraction of sp³-hybridized carbons (Fsp3) is 0.667. The summed E-state index contributed by atoms with van der Waals surface area (Å²) in [5.41, 5.74) is 0.484. The molecule has 0 unspecified atom stereocenters. The van der Waals surface area contributed by atoms with Gasteiger partial charge in [-0.2, -0.15) is 0 Å². The minimum absolute atomic E-state index is 0.0248. The summed E-state index contributed by atoms with van der Waals surface area (Å²) in [7, 11) is 0. The van der Waals surface area contributed by atoms with E-state index in [1.54, 1.807) is 5.38 Å². The third-order valence-electron chi connectivity index (χ3n) is 2.70. The van der Waals surface area contributed by atoms with E-state index in [2.05, 4.69) is 25.5 Å². The fourth-order valence-corrected chi connectivity index (χ4v) is 2.79. The number of aromatic nitrogens is 2. The number of hydrogen-bond donors (Lipinski definition) is 0. The van der Waals surface area contributed by atoms with Crippen molar-refractivity contribution in [3.8, 4) is 0 Å². The van der Waals surface area contributed by atoms with Gasteiger partial charge in [-0.15, -0.1) is 5.10 Å². The van der Waals surface area contributed by atoms with Crippen LogP contribution in [0.3, 0.4) is 0 Å². The number of carbonyl (C=O) groups excluding carboxylic acids is 1. The van der Waals surface area contributed by atoms with Crippen molar-refractivity contribution in [1.29, 1.82) is 0 Å². The summed E-state index contributed by atoms with van der Waals surface area (Å²) in [6.07, 6.45) is 2.16. The van der Waals surface area contributed by atoms with Crippen LogP contribution in [0.2, 0.25) is 0 Å². The maximum atomic E-state index is 11.9. The van der Waals surface area contributed by atoms with Crippen LogP contribution in [0, 0.1) is 5.92 Å². The number of halogens is 1.